The molecule has 1 aromatic rings. The molecule has 5 aliphatic heterocycles. The van der Waals surface area contributed by atoms with Gasteiger partial charge in [0.2, 0.25) is 5.91 Å². The first-order valence-corrected chi connectivity index (χ1v) is 10.6. The van der Waals surface area contributed by atoms with Crippen molar-refractivity contribution in [1.82, 2.24) is 4.90 Å². The van der Waals surface area contributed by atoms with Gasteiger partial charge in [0.15, 0.2) is 0 Å². The van der Waals surface area contributed by atoms with Gasteiger partial charge < -0.3 is 22.6 Å². The first-order chi connectivity index (χ1) is 13.9. The van der Waals surface area contributed by atoms with Gasteiger partial charge in [-0.25, -0.2) is 0 Å². The smallest absolute Gasteiger partial charge is 0.445 e. The third kappa shape index (κ3) is 2.33. The largest absolute Gasteiger partial charge is 1.00 e. The van der Waals surface area contributed by atoms with Gasteiger partial charge in [-0.3, -0.25) is 9.69 Å². The average Bonchev–Trinajstić information content (AvgIpc) is 3.14. The summed E-state index contributed by atoms with van der Waals surface area (Å²) in [7, 11) is 0. The fourth-order valence-electron chi connectivity index (χ4n) is 7.77. The second-order valence-electron chi connectivity index (χ2n) is 9.61. The molecule has 9 heteroatoms. The molecule has 4 nitrogen and oxygen atoms in total. The molecule has 0 aromatic heterocycles. The number of carbonyl (C=O) groups excluding carboxylic acids is 1. The Bertz CT molecular complexity index is 1000. The Labute approximate surface area is 215 Å². The number of nitrogens with zero attached hydrogens (tertiary/aromatic N) is 2. The first kappa shape index (κ1) is 20.4. The number of halogens is 3. The Morgan fingerprint density at radius 1 is 1.23 bits per heavy atom. The minimum atomic E-state index is -5.08. The maximum Gasteiger partial charge on any atom is 1.00 e. The van der Waals surface area contributed by atoms with Crippen LogP contribution < -0.4 is 61.7 Å². The number of ether oxygens (including phenoxy) is 1. The summed E-state index contributed by atoms with van der Waals surface area (Å²) < 4.78 is 47.1. The molecule has 3 saturated heterocycles. The predicted octanol–water partition coefficient (Wildman–Crippen LogP) is -0.849. The maximum absolute atomic E-state index is 13.6. The molecule has 0 N–H and O–H groups in total. The van der Waals surface area contributed by atoms with E-state index in [2.05, 4.69) is 11.0 Å². The molecule has 1 aromatic carbocycles. The molecule has 1 aliphatic carbocycles. The Hall–Kier alpha value is -0.159. The Morgan fingerprint density at radius 3 is 2.87 bits per heavy atom. The van der Waals surface area contributed by atoms with Crippen LogP contribution in [0, 0.1) is 11.8 Å². The van der Waals surface area contributed by atoms with Crippen molar-refractivity contribution in [3.05, 3.63) is 35.4 Å². The van der Waals surface area contributed by atoms with Crippen LogP contribution in [0.25, 0.3) is 0 Å². The molecule has 6 aliphatic rings. The topological polar surface area (TPSA) is 32.8 Å². The Kier molecular flexibility index (Phi) is 4.40. The molecule has 3 unspecified atom stereocenters. The van der Waals surface area contributed by atoms with Gasteiger partial charge in [-0.05, 0) is 36.9 Å². The number of hydrogen-bond donors (Lipinski definition) is 0. The summed E-state index contributed by atoms with van der Waals surface area (Å²) in [5.41, 5.74) is 1.94. The number of piperidine rings is 2. The van der Waals surface area contributed by atoms with Crippen molar-refractivity contribution in [2.24, 2.45) is 11.8 Å². The van der Waals surface area contributed by atoms with E-state index in [1.165, 1.54) is 17.7 Å². The van der Waals surface area contributed by atoms with Gasteiger partial charge in [0.1, 0.15) is 0 Å². The van der Waals surface area contributed by atoms with Gasteiger partial charge in [-0.1, -0.05) is 23.8 Å². The monoisotopic (exact) mass is 440 g/mol. The van der Waals surface area contributed by atoms with Crippen LogP contribution in [0.5, 0.6) is 0 Å². The molecule has 2 bridgehead atoms. The number of amides is 1. The van der Waals surface area contributed by atoms with Crippen molar-refractivity contribution in [2.45, 2.75) is 42.9 Å². The fraction of sp³-hybridized carbons (Fsp3) is 0.571. The molecule has 7 rings (SSSR count). The zero-order valence-corrected chi connectivity index (χ0v) is 20.0. The molecule has 1 saturated carbocycles. The number of fused-ring (bicyclic) bond motifs is 2. The molecule has 152 valence electrons. The zero-order valence-electron chi connectivity index (χ0n) is 16.9. The van der Waals surface area contributed by atoms with Crippen LogP contribution >= 0.6 is 0 Å². The third-order valence-electron chi connectivity index (χ3n) is 8.71. The summed E-state index contributed by atoms with van der Waals surface area (Å²) in [6.45, 7) is -2.77. The van der Waals surface area contributed by atoms with E-state index in [0.717, 1.165) is 31.5 Å². The predicted molar refractivity (Wildman–Crippen MR) is 102 cm³/mol. The second kappa shape index (κ2) is 6.46. The quantitative estimate of drug-likeness (QED) is 0.422. The van der Waals surface area contributed by atoms with Crippen LogP contribution in [0.3, 0.4) is 0 Å². The summed E-state index contributed by atoms with van der Waals surface area (Å²) in [6.07, 6.45) is 4.18. The average molecular weight is 440 g/mol. The van der Waals surface area contributed by atoms with E-state index in [-0.39, 0.29) is 81.4 Å². The van der Waals surface area contributed by atoms with Crippen LogP contribution in [-0.2, 0) is 14.9 Å². The van der Waals surface area contributed by atoms with Crippen LogP contribution in [0.1, 0.15) is 24.8 Å². The van der Waals surface area contributed by atoms with Crippen molar-refractivity contribution < 1.29 is 73.9 Å². The number of benzene rings is 1. The van der Waals surface area contributed by atoms with Gasteiger partial charge in [0.25, 0.3) is 0 Å². The third-order valence-corrected chi connectivity index (χ3v) is 8.71. The molecule has 5 heterocycles. The number of carbonyl (C=O) groups is 1. The molecule has 1 spiro atoms. The Morgan fingerprint density at radius 2 is 2.07 bits per heavy atom. The van der Waals surface area contributed by atoms with Crippen LogP contribution in [0.15, 0.2) is 29.8 Å². The van der Waals surface area contributed by atoms with Gasteiger partial charge in [0, 0.05) is 29.6 Å². The van der Waals surface area contributed by atoms with Crippen LogP contribution in [0.2, 0.25) is 0 Å². The maximum atomic E-state index is 13.6. The zero-order chi connectivity index (χ0) is 19.7. The van der Waals surface area contributed by atoms with E-state index in [1.54, 1.807) is 6.07 Å². The van der Waals surface area contributed by atoms with E-state index < -0.39 is 17.9 Å². The SMILES string of the molecule is O=C1CC2OCC=C3CN4CCC56c7cc([B-](F)(F)F)ccc7N1[C@H]5[C@H]2C3C[C@H]46.[K+]. The number of hydrogen-bond acceptors (Lipinski definition) is 3. The van der Waals surface area contributed by atoms with Gasteiger partial charge in [-0.15, -0.1) is 5.46 Å². The van der Waals surface area contributed by atoms with Crippen molar-refractivity contribution in [3.8, 4) is 0 Å². The first-order valence-electron chi connectivity index (χ1n) is 10.6. The van der Waals surface area contributed by atoms with E-state index in [1.807, 2.05) is 4.90 Å². The number of rotatable bonds is 1. The van der Waals surface area contributed by atoms with Crippen molar-refractivity contribution >= 4 is 24.0 Å². The van der Waals surface area contributed by atoms with Gasteiger partial charge >= 0.3 is 58.4 Å². The summed E-state index contributed by atoms with van der Waals surface area (Å²) in [5, 5.41) is 0. The van der Waals surface area contributed by atoms with Crippen LogP contribution in [0.4, 0.5) is 18.6 Å². The molecular formula is C21H21BF3KN2O2. The number of anilines is 1. The van der Waals surface area contributed by atoms with Gasteiger partial charge in [0.05, 0.1) is 25.2 Å². The van der Waals surface area contributed by atoms with E-state index in [4.69, 9.17) is 4.74 Å². The molecular weight excluding hydrogens is 419 g/mol. The molecule has 30 heavy (non-hydrogen) atoms. The van der Waals surface area contributed by atoms with Crippen molar-refractivity contribution in [3.63, 3.8) is 0 Å². The molecule has 0 radical (unpaired) electrons. The normalized spacial score (nSPS) is 40.5. The summed E-state index contributed by atoms with van der Waals surface area (Å²) in [6, 6.07) is 4.22. The van der Waals surface area contributed by atoms with Crippen LogP contribution in [-0.4, -0.2) is 55.7 Å². The summed E-state index contributed by atoms with van der Waals surface area (Å²) in [5.74, 6) is 0.544. The standard InChI is InChI=1S/C21H21BF3N2O2.K/c23-22(24,25)12-1-2-15-14(7-12)21-4-5-26-10-11-3-6-29-16-9-18(28)27(15)20(21)19(16)13(11)8-17(21)26;/h1-3,7,13,16-17,19-20H,4-6,8-10H2;/q-1;+1/t13?,16?,17-,19-,20-,21?;/m0./s1. The van der Waals surface area contributed by atoms with E-state index in [9.17, 15) is 17.7 Å². The van der Waals surface area contributed by atoms with Gasteiger partial charge in [-0.2, -0.15) is 0 Å². The van der Waals surface area contributed by atoms with Crippen molar-refractivity contribution in [1.29, 1.82) is 0 Å². The van der Waals surface area contributed by atoms with E-state index in [0.29, 0.717) is 24.6 Å². The second-order valence-corrected chi connectivity index (χ2v) is 9.61. The fourth-order valence-corrected chi connectivity index (χ4v) is 7.77. The molecule has 6 atom stereocenters. The summed E-state index contributed by atoms with van der Waals surface area (Å²) in [4.78, 5) is 17.6. The minimum Gasteiger partial charge on any atom is -0.445 e. The minimum absolute atomic E-state index is 0. The Balaban J connectivity index is 0.00000175. The van der Waals surface area contributed by atoms with Crippen molar-refractivity contribution in [2.75, 3.05) is 24.6 Å². The van der Waals surface area contributed by atoms with E-state index >= 15 is 0 Å². The molecule has 4 fully saturated rings. The summed E-state index contributed by atoms with van der Waals surface area (Å²) >= 11 is 0. The molecule has 1 amide bonds.